The van der Waals surface area contributed by atoms with E-state index in [0.29, 0.717) is 16.5 Å². The van der Waals surface area contributed by atoms with Crippen LogP contribution < -0.4 is 4.74 Å². The Kier molecular flexibility index (Phi) is 4.40. The molecule has 0 aliphatic carbocycles. The van der Waals surface area contributed by atoms with E-state index in [9.17, 15) is 4.79 Å². The topological polar surface area (TPSA) is 74.5 Å². The Morgan fingerprint density at radius 1 is 1.42 bits per heavy atom. The van der Waals surface area contributed by atoms with Gasteiger partial charge in [-0.05, 0) is 12.3 Å². The number of nitrogens with zero attached hydrogens (tertiary/aromatic N) is 2. The number of esters is 1. The van der Waals surface area contributed by atoms with Gasteiger partial charge in [-0.2, -0.15) is 0 Å². The third-order valence-corrected chi connectivity index (χ3v) is 2.87. The zero-order chi connectivity index (χ0) is 13.7. The maximum atomic E-state index is 11.4. The molecule has 2 rings (SSSR count). The average Bonchev–Trinajstić information content (AvgIpc) is 2.93. The molecule has 0 atom stereocenters. The van der Waals surface area contributed by atoms with Crippen LogP contribution in [0, 0.1) is 0 Å². The highest BCUT2D eigenvalue weighted by Crippen LogP contribution is 2.16. The normalized spacial score (nSPS) is 10.2. The Labute approximate surface area is 114 Å². The van der Waals surface area contributed by atoms with Gasteiger partial charge in [0, 0.05) is 5.56 Å². The van der Waals surface area contributed by atoms with Crippen molar-refractivity contribution >= 4 is 17.7 Å². The molecule has 7 heteroatoms. The molecule has 0 saturated carbocycles. The van der Waals surface area contributed by atoms with Crippen molar-refractivity contribution in [2.45, 2.75) is 11.8 Å². The van der Waals surface area contributed by atoms with Crippen LogP contribution in [0.1, 0.15) is 16.1 Å². The minimum atomic E-state index is -0.530. The predicted molar refractivity (Wildman–Crippen MR) is 68.2 cm³/mol. The van der Waals surface area contributed by atoms with Gasteiger partial charge in [-0.15, -0.1) is 0 Å². The van der Waals surface area contributed by atoms with Crippen molar-refractivity contribution in [3.8, 4) is 5.75 Å². The fourth-order valence-electron chi connectivity index (χ4n) is 1.37. The summed E-state index contributed by atoms with van der Waals surface area (Å²) < 4.78 is 15.1. The summed E-state index contributed by atoms with van der Waals surface area (Å²) in [4.78, 5) is 19.6. The first-order valence-corrected chi connectivity index (χ1v) is 6.60. The van der Waals surface area contributed by atoms with Crippen LogP contribution in [0.3, 0.4) is 0 Å². The summed E-state index contributed by atoms with van der Waals surface area (Å²) >= 11 is 1.45. The van der Waals surface area contributed by atoms with E-state index in [0.717, 1.165) is 0 Å². The Morgan fingerprint density at radius 3 is 2.79 bits per heavy atom. The Balaban J connectivity index is 2.02. The zero-order valence-corrected chi connectivity index (χ0v) is 11.3. The number of carbonyl (C=O) groups excluding carboxylic acids is 1. The Bertz CT molecular complexity index is 553. The molecule has 0 N–H and O–H groups in total. The number of carbonyl (C=O) groups is 1. The highest BCUT2D eigenvalue weighted by Gasteiger charge is 2.16. The summed E-state index contributed by atoms with van der Waals surface area (Å²) in [5.74, 6) is 0.136. The van der Waals surface area contributed by atoms with Crippen LogP contribution >= 0.6 is 11.8 Å². The number of aromatic nitrogens is 2. The van der Waals surface area contributed by atoms with Crippen molar-refractivity contribution in [1.29, 1.82) is 0 Å². The van der Waals surface area contributed by atoms with Crippen molar-refractivity contribution in [3.05, 3.63) is 36.0 Å². The zero-order valence-electron chi connectivity index (χ0n) is 10.5. The van der Waals surface area contributed by atoms with Gasteiger partial charge in [0.15, 0.2) is 10.9 Å². The van der Waals surface area contributed by atoms with E-state index in [2.05, 4.69) is 14.7 Å². The number of furan rings is 1. The molecule has 0 fully saturated rings. The van der Waals surface area contributed by atoms with E-state index in [1.54, 1.807) is 18.5 Å². The minimum absolute atomic E-state index is 0.143. The molecule has 0 amide bonds. The Morgan fingerprint density at radius 2 is 2.16 bits per heavy atom. The fourth-order valence-corrected chi connectivity index (χ4v) is 1.68. The molecule has 2 aromatic heterocycles. The third-order valence-electron chi connectivity index (χ3n) is 2.30. The largest absolute Gasteiger partial charge is 0.486 e. The monoisotopic (exact) mass is 280 g/mol. The van der Waals surface area contributed by atoms with Crippen LogP contribution in [-0.2, 0) is 11.3 Å². The molecule has 0 unspecified atom stereocenters. The number of thioether (sulfide) groups is 1. The molecular formula is C12H12N2O4S. The highest BCUT2D eigenvalue weighted by molar-refractivity contribution is 7.98. The van der Waals surface area contributed by atoms with Crippen molar-refractivity contribution < 1.29 is 18.7 Å². The molecular weight excluding hydrogens is 268 g/mol. The van der Waals surface area contributed by atoms with Crippen molar-refractivity contribution in [3.63, 3.8) is 0 Å². The molecule has 0 aromatic carbocycles. The second-order valence-electron chi connectivity index (χ2n) is 3.46. The number of rotatable bonds is 5. The van der Waals surface area contributed by atoms with Crippen LogP contribution in [-0.4, -0.2) is 29.3 Å². The van der Waals surface area contributed by atoms with Crippen molar-refractivity contribution in [2.24, 2.45) is 0 Å². The number of hydrogen-bond donors (Lipinski definition) is 0. The summed E-state index contributed by atoms with van der Waals surface area (Å²) in [6.45, 7) is 0.183. The van der Waals surface area contributed by atoms with Gasteiger partial charge in [0.25, 0.3) is 0 Å². The summed E-state index contributed by atoms with van der Waals surface area (Å²) in [5, 5.41) is 0.672. The number of ether oxygens (including phenoxy) is 2. The lowest BCUT2D eigenvalue weighted by Crippen LogP contribution is -2.05. The predicted octanol–water partition coefficient (Wildman–Crippen LogP) is 2.16. The van der Waals surface area contributed by atoms with E-state index < -0.39 is 5.97 Å². The summed E-state index contributed by atoms with van der Waals surface area (Å²) in [5.41, 5.74) is 0.612. The van der Waals surface area contributed by atoms with E-state index in [4.69, 9.17) is 9.15 Å². The van der Waals surface area contributed by atoms with Crippen LogP contribution in [0.15, 0.2) is 34.3 Å². The third kappa shape index (κ3) is 3.25. The lowest BCUT2D eigenvalue weighted by atomic mass is 10.2. The molecule has 100 valence electrons. The molecule has 0 aliphatic rings. The minimum Gasteiger partial charge on any atom is -0.486 e. The van der Waals surface area contributed by atoms with Crippen molar-refractivity contribution in [1.82, 2.24) is 9.97 Å². The molecule has 0 bridgehead atoms. The lowest BCUT2D eigenvalue weighted by molar-refractivity contribution is 0.0561. The SMILES string of the molecule is COC(=O)c1occc1COc1cnc(SC)nc1. The van der Waals surface area contributed by atoms with E-state index in [1.807, 2.05) is 6.26 Å². The first kappa shape index (κ1) is 13.4. The molecule has 2 aromatic rings. The summed E-state index contributed by atoms with van der Waals surface area (Å²) in [6, 6.07) is 1.66. The quantitative estimate of drug-likeness (QED) is 0.472. The lowest BCUT2D eigenvalue weighted by Gasteiger charge is -2.05. The maximum absolute atomic E-state index is 11.4. The van der Waals surface area contributed by atoms with Gasteiger partial charge < -0.3 is 13.9 Å². The fraction of sp³-hybridized carbons (Fsp3) is 0.250. The van der Waals surface area contributed by atoms with Gasteiger partial charge in [-0.1, -0.05) is 11.8 Å². The Hall–Kier alpha value is -2.02. The average molecular weight is 280 g/mol. The molecule has 2 heterocycles. The molecule has 0 radical (unpaired) electrons. The number of methoxy groups -OCH3 is 1. The van der Waals surface area contributed by atoms with Crippen molar-refractivity contribution in [2.75, 3.05) is 13.4 Å². The van der Waals surface area contributed by atoms with Gasteiger partial charge in [-0.25, -0.2) is 14.8 Å². The standard InChI is InChI=1S/C12H12N2O4S/c1-16-11(15)10-8(3-4-17-10)7-18-9-5-13-12(19-2)14-6-9/h3-6H,7H2,1-2H3. The van der Waals surface area contributed by atoms with Gasteiger partial charge in [0.2, 0.25) is 5.76 Å². The molecule has 0 spiro atoms. The molecule has 0 saturated heterocycles. The number of hydrogen-bond acceptors (Lipinski definition) is 7. The molecule has 0 aliphatic heterocycles. The summed E-state index contributed by atoms with van der Waals surface area (Å²) in [6.07, 6.45) is 6.47. The van der Waals surface area contributed by atoms with Gasteiger partial charge in [0.1, 0.15) is 6.61 Å². The smallest absolute Gasteiger partial charge is 0.374 e. The first-order valence-electron chi connectivity index (χ1n) is 5.38. The van der Waals surface area contributed by atoms with Crippen LogP contribution in [0.4, 0.5) is 0 Å². The molecule has 6 nitrogen and oxygen atoms in total. The maximum Gasteiger partial charge on any atom is 0.374 e. The van der Waals surface area contributed by atoms with Crippen LogP contribution in [0.2, 0.25) is 0 Å². The van der Waals surface area contributed by atoms with Gasteiger partial charge in [0.05, 0.1) is 25.8 Å². The van der Waals surface area contributed by atoms with E-state index in [-0.39, 0.29) is 12.4 Å². The second kappa shape index (κ2) is 6.24. The van der Waals surface area contributed by atoms with Gasteiger partial charge >= 0.3 is 5.97 Å². The second-order valence-corrected chi connectivity index (χ2v) is 4.23. The van der Waals surface area contributed by atoms with Crippen LogP contribution in [0.25, 0.3) is 0 Å². The van der Waals surface area contributed by atoms with Crippen LogP contribution in [0.5, 0.6) is 5.75 Å². The van der Waals surface area contributed by atoms with E-state index >= 15 is 0 Å². The van der Waals surface area contributed by atoms with Gasteiger partial charge in [-0.3, -0.25) is 0 Å². The van der Waals surface area contributed by atoms with E-state index in [1.165, 1.54) is 25.1 Å². The molecule has 19 heavy (non-hydrogen) atoms. The first-order chi connectivity index (χ1) is 9.24. The summed E-state index contributed by atoms with van der Waals surface area (Å²) in [7, 11) is 1.30. The highest BCUT2D eigenvalue weighted by atomic mass is 32.2.